The van der Waals surface area contributed by atoms with E-state index in [1.807, 2.05) is 12.1 Å². The maximum atomic E-state index is 10.8. The molecule has 0 fully saturated rings. The lowest BCUT2D eigenvalue weighted by Gasteiger charge is -2.18. The fraction of sp³-hybridized carbons (Fsp3) is 0.364. The van der Waals surface area contributed by atoms with Gasteiger partial charge in [0.2, 0.25) is 5.91 Å². The Morgan fingerprint density at radius 3 is 2.31 bits per heavy atom. The first kappa shape index (κ1) is 9.78. The molecule has 2 N–H and O–H groups in total. The average Bonchev–Trinajstić information content (AvgIpc) is 2.03. The molecule has 0 bridgehead atoms. The van der Waals surface area contributed by atoms with Crippen LogP contribution in [-0.2, 0) is 5.41 Å². The van der Waals surface area contributed by atoms with E-state index in [-0.39, 0.29) is 5.41 Å². The van der Waals surface area contributed by atoms with Crippen LogP contribution in [0.2, 0.25) is 0 Å². The van der Waals surface area contributed by atoms with Crippen LogP contribution in [0.15, 0.2) is 18.2 Å². The number of benzene rings is 1. The molecule has 1 aromatic rings. The Labute approximate surface area is 78.8 Å². The highest BCUT2D eigenvalue weighted by Crippen LogP contribution is 2.21. The molecule has 0 aliphatic rings. The highest BCUT2D eigenvalue weighted by molar-refractivity contribution is 5.92. The molecule has 0 atom stereocenters. The number of nitrogens with two attached hydrogens (primary N) is 1. The number of carbonyl (C=O) groups excluding carboxylic acids is 1. The summed E-state index contributed by atoms with van der Waals surface area (Å²) < 4.78 is 0. The van der Waals surface area contributed by atoms with E-state index in [2.05, 4.69) is 26.8 Å². The number of amides is 1. The summed E-state index contributed by atoms with van der Waals surface area (Å²) in [5, 5.41) is 0. The molecule has 1 rings (SSSR count). The van der Waals surface area contributed by atoms with E-state index in [1.54, 1.807) is 6.07 Å². The molecule has 0 aliphatic heterocycles. The van der Waals surface area contributed by atoms with Crippen molar-refractivity contribution in [1.82, 2.24) is 0 Å². The van der Waals surface area contributed by atoms with Gasteiger partial charge in [0.15, 0.2) is 0 Å². The van der Waals surface area contributed by atoms with E-state index in [4.69, 9.17) is 5.73 Å². The summed E-state index contributed by atoms with van der Waals surface area (Å²) in [7, 11) is 0. The molecule has 0 heterocycles. The van der Waals surface area contributed by atoms with E-state index in [0.717, 1.165) is 5.56 Å². The van der Waals surface area contributed by atoms with Crippen LogP contribution in [-0.4, -0.2) is 5.91 Å². The molecule has 0 aromatic heterocycles. The number of hydrogen-bond donors (Lipinski definition) is 1. The highest BCUT2D eigenvalue weighted by Gasteiger charge is 2.13. The van der Waals surface area contributed by atoms with Crippen molar-refractivity contribution < 1.29 is 4.79 Å². The molecule has 13 heavy (non-hydrogen) atoms. The van der Waals surface area contributed by atoms with Crippen molar-refractivity contribution in [1.29, 1.82) is 0 Å². The van der Waals surface area contributed by atoms with Crippen molar-refractivity contribution in [2.45, 2.75) is 26.2 Å². The van der Waals surface area contributed by atoms with Crippen LogP contribution in [0.4, 0.5) is 0 Å². The summed E-state index contributed by atoms with van der Waals surface area (Å²) in [6.45, 7) is 6.33. The quantitative estimate of drug-likeness (QED) is 0.697. The third-order valence-corrected chi connectivity index (χ3v) is 1.94. The van der Waals surface area contributed by atoms with E-state index >= 15 is 0 Å². The van der Waals surface area contributed by atoms with Gasteiger partial charge in [-0.15, -0.1) is 0 Å². The molecule has 0 spiro atoms. The first-order chi connectivity index (χ1) is 5.91. The first-order valence-corrected chi connectivity index (χ1v) is 4.23. The van der Waals surface area contributed by atoms with Crippen LogP contribution in [0.3, 0.4) is 0 Å². The lowest BCUT2D eigenvalue weighted by atomic mass is 9.87. The summed E-state index contributed by atoms with van der Waals surface area (Å²) in [6.07, 6.45) is 0. The minimum atomic E-state index is -0.430. The summed E-state index contributed by atoms with van der Waals surface area (Å²) >= 11 is 0. The van der Waals surface area contributed by atoms with Crippen LogP contribution in [0.1, 0.15) is 36.7 Å². The zero-order chi connectivity index (χ0) is 10.1. The number of primary amides is 1. The second kappa shape index (κ2) is 3.21. The molecule has 0 unspecified atom stereocenters. The molecule has 2 nitrogen and oxygen atoms in total. The molecule has 1 amide bonds. The molecule has 0 aliphatic carbocycles. The molecule has 0 saturated carbocycles. The second-order valence-corrected chi connectivity index (χ2v) is 4.11. The Hall–Kier alpha value is -1.31. The fourth-order valence-corrected chi connectivity index (χ4v) is 1.04. The largest absolute Gasteiger partial charge is 0.366 e. The molecule has 1 aromatic carbocycles. The van der Waals surface area contributed by atoms with Gasteiger partial charge in [0.05, 0.1) is 0 Å². The predicted molar refractivity (Wildman–Crippen MR) is 52.5 cm³/mol. The molecular weight excluding hydrogens is 162 g/mol. The van der Waals surface area contributed by atoms with Gasteiger partial charge in [-0.1, -0.05) is 26.8 Å². The maximum absolute atomic E-state index is 10.8. The summed E-state index contributed by atoms with van der Waals surface area (Å²) in [5.74, 6) is -0.430. The molecule has 1 radical (unpaired) electrons. The Kier molecular flexibility index (Phi) is 2.41. The van der Waals surface area contributed by atoms with Crippen LogP contribution < -0.4 is 5.73 Å². The number of rotatable bonds is 1. The van der Waals surface area contributed by atoms with Crippen molar-refractivity contribution in [2.75, 3.05) is 0 Å². The maximum Gasteiger partial charge on any atom is 0.249 e. The Bertz CT molecular complexity index is 306. The Balaban J connectivity index is 3.01. The van der Waals surface area contributed by atoms with Crippen molar-refractivity contribution in [3.8, 4) is 0 Å². The molecule has 69 valence electrons. The normalized spacial score (nSPS) is 11.3. The van der Waals surface area contributed by atoms with Gasteiger partial charge in [-0.25, -0.2) is 0 Å². The van der Waals surface area contributed by atoms with Crippen molar-refractivity contribution in [2.24, 2.45) is 5.73 Å². The van der Waals surface area contributed by atoms with E-state index in [9.17, 15) is 4.79 Å². The Morgan fingerprint density at radius 1 is 1.38 bits per heavy atom. The number of hydrogen-bond acceptors (Lipinski definition) is 1. The Morgan fingerprint density at radius 2 is 2.00 bits per heavy atom. The van der Waals surface area contributed by atoms with Gasteiger partial charge in [0.1, 0.15) is 0 Å². The lowest BCUT2D eigenvalue weighted by molar-refractivity contribution is 0.1000. The minimum absolute atomic E-state index is 0.0900. The third kappa shape index (κ3) is 2.31. The zero-order valence-corrected chi connectivity index (χ0v) is 8.22. The summed E-state index contributed by atoms with van der Waals surface area (Å²) in [6, 6.07) is 8.31. The predicted octanol–water partition coefficient (Wildman–Crippen LogP) is 1.88. The average molecular weight is 176 g/mol. The van der Waals surface area contributed by atoms with Crippen LogP contribution in [0.25, 0.3) is 0 Å². The molecule has 2 heteroatoms. The van der Waals surface area contributed by atoms with Crippen LogP contribution in [0.5, 0.6) is 0 Å². The van der Waals surface area contributed by atoms with Crippen molar-refractivity contribution in [3.05, 3.63) is 35.4 Å². The van der Waals surface area contributed by atoms with Gasteiger partial charge in [-0.2, -0.15) is 0 Å². The zero-order valence-electron chi connectivity index (χ0n) is 8.22. The van der Waals surface area contributed by atoms with Gasteiger partial charge >= 0.3 is 0 Å². The standard InChI is InChI=1S/C11H14NO/c1-11(2,3)9-6-4-8(5-7-9)10(12)13/h4,6-7H,1-3H3,(H2,12,13). The first-order valence-electron chi connectivity index (χ1n) is 4.23. The number of carbonyl (C=O) groups is 1. The summed E-state index contributed by atoms with van der Waals surface area (Å²) in [5.41, 5.74) is 6.78. The second-order valence-electron chi connectivity index (χ2n) is 4.11. The van der Waals surface area contributed by atoms with E-state index in [1.165, 1.54) is 0 Å². The highest BCUT2D eigenvalue weighted by atomic mass is 16.1. The van der Waals surface area contributed by atoms with Crippen LogP contribution in [0, 0.1) is 6.07 Å². The van der Waals surface area contributed by atoms with Crippen molar-refractivity contribution >= 4 is 5.91 Å². The van der Waals surface area contributed by atoms with E-state index in [0.29, 0.717) is 5.56 Å². The van der Waals surface area contributed by atoms with Gasteiger partial charge in [0.25, 0.3) is 0 Å². The summed E-state index contributed by atoms with van der Waals surface area (Å²) in [4.78, 5) is 10.8. The molecule has 0 saturated heterocycles. The van der Waals surface area contributed by atoms with Gasteiger partial charge in [-0.05, 0) is 29.2 Å². The lowest BCUT2D eigenvalue weighted by Crippen LogP contribution is -2.14. The van der Waals surface area contributed by atoms with Crippen molar-refractivity contribution in [3.63, 3.8) is 0 Å². The fourth-order valence-electron chi connectivity index (χ4n) is 1.04. The monoisotopic (exact) mass is 176 g/mol. The SMILES string of the molecule is CC(C)(C)c1c[c]c(C(N)=O)cc1. The topological polar surface area (TPSA) is 43.1 Å². The smallest absolute Gasteiger partial charge is 0.249 e. The van der Waals surface area contributed by atoms with Gasteiger partial charge < -0.3 is 5.73 Å². The third-order valence-electron chi connectivity index (χ3n) is 1.94. The molecular formula is C11H14NO. The van der Waals surface area contributed by atoms with Gasteiger partial charge in [-0.3, -0.25) is 4.79 Å². The van der Waals surface area contributed by atoms with E-state index < -0.39 is 5.91 Å². The van der Waals surface area contributed by atoms with Gasteiger partial charge in [0, 0.05) is 5.56 Å². The van der Waals surface area contributed by atoms with Crippen LogP contribution >= 0.6 is 0 Å². The minimum Gasteiger partial charge on any atom is -0.366 e.